The Morgan fingerprint density at radius 1 is 0.545 bits per heavy atom. The Hall–Kier alpha value is -3.87. The van der Waals surface area contributed by atoms with Gasteiger partial charge in [-0.25, -0.2) is 0 Å². The number of hydrogen-bond donors (Lipinski definition) is 11. The summed E-state index contributed by atoms with van der Waals surface area (Å²) in [5.41, 5.74) is 0.0838. The summed E-state index contributed by atoms with van der Waals surface area (Å²) in [5, 5.41) is 118. The third kappa shape index (κ3) is 9.71. The maximum atomic E-state index is 14.0. The van der Waals surface area contributed by atoms with Crippen molar-refractivity contribution in [2.75, 3.05) is 34.5 Å². The van der Waals surface area contributed by atoms with Crippen LogP contribution in [0.15, 0.2) is 45.8 Å². The van der Waals surface area contributed by atoms with Crippen LogP contribution in [-0.2, 0) is 33.2 Å². The summed E-state index contributed by atoms with van der Waals surface area (Å²) >= 11 is 0. The molecule has 2 aromatic carbocycles. The van der Waals surface area contributed by atoms with E-state index in [9.17, 15) is 61.0 Å². The minimum atomic E-state index is -2.04. The van der Waals surface area contributed by atoms with E-state index >= 15 is 0 Å². The van der Waals surface area contributed by atoms with Gasteiger partial charge < -0.3 is 113 Å². The van der Waals surface area contributed by atoms with Gasteiger partial charge in [0.05, 0.1) is 52.3 Å². The van der Waals surface area contributed by atoms with Gasteiger partial charge in [0.1, 0.15) is 108 Å². The van der Waals surface area contributed by atoms with Crippen molar-refractivity contribution in [1.29, 1.82) is 0 Å². The van der Waals surface area contributed by atoms with E-state index in [0.717, 1.165) is 0 Å². The van der Waals surface area contributed by atoms with Crippen LogP contribution in [0.2, 0.25) is 0 Å². The van der Waals surface area contributed by atoms with E-state index in [2.05, 4.69) is 0 Å². The average molecular weight is 945 g/mol. The molecule has 3 aromatic rings. The number of aliphatic hydroxyl groups is 11. The minimum Gasteiger partial charge on any atom is -0.497 e. The van der Waals surface area contributed by atoms with Crippen molar-refractivity contribution in [2.24, 2.45) is 0 Å². The van der Waals surface area contributed by atoms with Crippen molar-refractivity contribution in [2.45, 2.75) is 137 Å². The lowest BCUT2D eigenvalue weighted by Gasteiger charge is -2.47. The van der Waals surface area contributed by atoms with Crippen LogP contribution in [0.4, 0.5) is 0 Å². The Morgan fingerprint density at radius 3 is 1.61 bits per heavy atom. The van der Waals surface area contributed by atoms with Gasteiger partial charge >= 0.3 is 0 Å². The number of fused-ring (bicyclic) bond motifs is 1. The largest absolute Gasteiger partial charge is 0.497 e. The number of aliphatic hydroxyl groups excluding tert-OH is 11. The maximum Gasteiger partial charge on any atom is 0.229 e. The molecule has 1 aromatic heterocycles. The molecule has 11 N–H and O–H groups in total. The summed E-state index contributed by atoms with van der Waals surface area (Å²) in [4.78, 5) is 14.0. The molecule has 0 amide bonds. The SMILES string of the molecule is COc1ccc(-c2coc3cc(O[C@H]4O[C@@H](CO[C@@H]5O[C@@H](C)[C@H](O)[C@@H](O)[C@H]5O)[C@H](O)[C@@H](O[C@@H]5O[C@H](CO[C@@H]6O[C@@H](C)[C@H](O)[C@@H](O)[C@H]6O)[C@@H](O)[C@H](O)[C@H]5O)[C@@H]4O)c(OC)c(OC)c3c2=O)cc1. The Morgan fingerprint density at radius 2 is 1.06 bits per heavy atom. The monoisotopic (exact) mass is 944 g/mol. The molecule has 0 spiro atoms. The maximum absolute atomic E-state index is 14.0. The summed E-state index contributed by atoms with van der Waals surface area (Å²) in [5.74, 6) is 0.00247. The summed E-state index contributed by atoms with van der Waals surface area (Å²) in [6.45, 7) is 1.49. The van der Waals surface area contributed by atoms with Crippen LogP contribution >= 0.6 is 0 Å². The molecule has 4 aliphatic rings. The smallest absolute Gasteiger partial charge is 0.229 e. The number of methoxy groups -OCH3 is 3. The van der Waals surface area contributed by atoms with Crippen molar-refractivity contribution in [1.82, 2.24) is 0 Å². The minimum absolute atomic E-state index is 0.0498. The standard InChI is InChI=1S/C42H56O24/c1-14-24(43)29(48)32(51)39(61-14)59-12-21-27(46)31(50)34(53)41(64-21)66-38-28(47)22(13-60-40-33(52)30(49)25(44)15(2)62-40)65-42(35(38)54)63-20-10-19-23(37(57-5)36(20)56-4)26(45)18(11-58-19)16-6-8-17(55-3)9-7-16/h6-11,14-15,21-22,24-25,27-35,38-44,46-54H,12-13H2,1-5H3/t14-,15-,21+,22-,24-,25-,27+,28-,29+,30+,31-,32+,33+,34+,35-,38+,39+,40+,41-,42-/m0/s1. The zero-order valence-electron chi connectivity index (χ0n) is 36.2. The quantitative estimate of drug-likeness (QED) is 0.0738. The van der Waals surface area contributed by atoms with Crippen LogP contribution in [0, 0.1) is 0 Å². The van der Waals surface area contributed by atoms with Crippen LogP contribution in [-0.4, -0.2) is 214 Å². The second-order valence-corrected chi connectivity index (χ2v) is 16.3. The molecule has 0 saturated carbocycles. The summed E-state index contributed by atoms with van der Waals surface area (Å²) in [7, 11) is 4.00. The fraction of sp³-hybridized carbons (Fsp3) is 0.643. The molecule has 0 unspecified atom stereocenters. The van der Waals surface area contributed by atoms with Crippen LogP contribution in [0.25, 0.3) is 22.1 Å². The van der Waals surface area contributed by atoms with E-state index in [4.69, 9.17) is 56.5 Å². The first-order valence-corrected chi connectivity index (χ1v) is 20.9. The van der Waals surface area contributed by atoms with Crippen molar-refractivity contribution in [3.8, 4) is 34.1 Å². The second kappa shape index (κ2) is 20.8. The van der Waals surface area contributed by atoms with Gasteiger partial charge in [-0.05, 0) is 31.5 Å². The molecule has 24 heteroatoms. The fourth-order valence-corrected chi connectivity index (χ4v) is 8.08. The predicted molar refractivity (Wildman–Crippen MR) is 217 cm³/mol. The number of benzene rings is 2. The first-order chi connectivity index (χ1) is 31.4. The van der Waals surface area contributed by atoms with Crippen molar-refractivity contribution >= 4 is 11.0 Å². The van der Waals surface area contributed by atoms with Gasteiger partial charge in [-0.3, -0.25) is 4.79 Å². The third-order valence-corrected chi connectivity index (χ3v) is 12.1. The number of rotatable bonds is 14. The molecule has 24 nitrogen and oxygen atoms in total. The zero-order valence-corrected chi connectivity index (χ0v) is 36.2. The average Bonchev–Trinajstić information content (AvgIpc) is 3.31. The van der Waals surface area contributed by atoms with Crippen LogP contribution in [0.5, 0.6) is 23.0 Å². The molecule has 0 bridgehead atoms. The van der Waals surface area contributed by atoms with E-state index in [1.54, 1.807) is 24.3 Å². The van der Waals surface area contributed by atoms with Crippen molar-refractivity contribution < 1.29 is 113 Å². The van der Waals surface area contributed by atoms with Gasteiger partial charge in [-0.15, -0.1) is 0 Å². The van der Waals surface area contributed by atoms with Crippen molar-refractivity contribution in [3.63, 3.8) is 0 Å². The van der Waals surface area contributed by atoms with Gasteiger partial charge in [0.15, 0.2) is 30.4 Å². The normalized spacial score (nSPS) is 39.6. The molecule has 5 heterocycles. The van der Waals surface area contributed by atoms with Gasteiger partial charge in [0, 0.05) is 6.07 Å². The third-order valence-electron chi connectivity index (χ3n) is 12.1. The molecular formula is C42H56O24. The van der Waals surface area contributed by atoms with Gasteiger partial charge in [0.25, 0.3) is 0 Å². The molecule has 7 rings (SSSR count). The van der Waals surface area contributed by atoms with E-state index in [-0.39, 0.29) is 33.8 Å². The summed E-state index contributed by atoms with van der Waals surface area (Å²) in [6, 6.07) is 7.89. The number of hydrogen-bond acceptors (Lipinski definition) is 24. The second-order valence-electron chi connectivity index (χ2n) is 16.3. The van der Waals surface area contributed by atoms with Crippen LogP contribution < -0.4 is 24.4 Å². The topological polar surface area (TPSA) is 354 Å². The van der Waals surface area contributed by atoms with Crippen LogP contribution in [0.3, 0.4) is 0 Å². The predicted octanol–water partition coefficient (Wildman–Crippen LogP) is -3.81. The molecular weight excluding hydrogens is 888 g/mol. The molecule has 0 radical (unpaired) electrons. The van der Waals surface area contributed by atoms with Crippen molar-refractivity contribution in [3.05, 3.63) is 46.8 Å². The Balaban J connectivity index is 1.17. The molecule has 20 atom stereocenters. The van der Waals surface area contributed by atoms with Crippen LogP contribution in [0.1, 0.15) is 13.8 Å². The highest BCUT2D eigenvalue weighted by Gasteiger charge is 2.53. The van der Waals surface area contributed by atoms with Gasteiger partial charge in [-0.1, -0.05) is 12.1 Å². The van der Waals surface area contributed by atoms with E-state index in [0.29, 0.717) is 11.3 Å². The van der Waals surface area contributed by atoms with Gasteiger partial charge in [-0.2, -0.15) is 0 Å². The lowest BCUT2D eigenvalue weighted by Crippen LogP contribution is -2.66. The summed E-state index contributed by atoms with van der Waals surface area (Å²) in [6.07, 6.45) is -32.4. The first kappa shape index (κ1) is 50.0. The molecule has 0 aliphatic carbocycles. The van der Waals surface area contributed by atoms with Gasteiger partial charge in [0.2, 0.25) is 17.5 Å². The molecule has 66 heavy (non-hydrogen) atoms. The zero-order chi connectivity index (χ0) is 47.9. The fourth-order valence-electron chi connectivity index (χ4n) is 8.08. The first-order valence-electron chi connectivity index (χ1n) is 20.9. The van der Waals surface area contributed by atoms with E-state index in [1.165, 1.54) is 47.5 Å². The Labute approximate surface area is 375 Å². The molecule has 4 fully saturated rings. The summed E-state index contributed by atoms with van der Waals surface area (Å²) < 4.78 is 68.5. The Kier molecular flexibility index (Phi) is 15.7. The molecule has 4 saturated heterocycles. The lowest BCUT2D eigenvalue weighted by atomic mass is 9.96. The molecule has 368 valence electrons. The van der Waals surface area contributed by atoms with E-state index in [1.807, 2.05) is 0 Å². The molecule has 4 aliphatic heterocycles. The Bertz CT molecular complexity index is 2140. The lowest BCUT2D eigenvalue weighted by molar-refractivity contribution is -0.363. The highest BCUT2D eigenvalue weighted by atomic mass is 16.8. The van der Waals surface area contributed by atoms with E-state index < -0.39 is 141 Å². The highest BCUT2D eigenvalue weighted by Crippen LogP contribution is 2.44. The highest BCUT2D eigenvalue weighted by molar-refractivity contribution is 5.91. The number of ether oxygens (including phenoxy) is 11.